The van der Waals surface area contributed by atoms with Crippen LogP contribution in [0.15, 0.2) is 94.8 Å². The molecule has 1 unspecified atom stereocenters. The number of para-hydroxylation sites is 1. The Morgan fingerprint density at radius 1 is 0.774 bits per heavy atom. The maximum absolute atomic E-state index is 5.16. The third-order valence-corrected chi connectivity index (χ3v) is 9.05. The summed E-state index contributed by atoms with van der Waals surface area (Å²) in [4.78, 5) is 14.0. The van der Waals surface area contributed by atoms with E-state index in [9.17, 15) is 0 Å². The fourth-order valence-corrected chi connectivity index (χ4v) is 7.85. The third kappa shape index (κ3) is 2.69. The van der Waals surface area contributed by atoms with Crippen LogP contribution in [0.3, 0.4) is 0 Å². The van der Waals surface area contributed by atoms with E-state index in [4.69, 9.17) is 9.98 Å². The zero-order valence-electron chi connectivity index (χ0n) is 16.2. The van der Waals surface area contributed by atoms with Crippen LogP contribution in [0.2, 0.25) is 0 Å². The number of thioether (sulfide) groups is 2. The predicted octanol–water partition coefficient (Wildman–Crippen LogP) is 5.13. The second kappa shape index (κ2) is 6.85. The lowest BCUT2D eigenvalue weighted by Gasteiger charge is -2.28. The number of hydrogen-bond acceptors (Lipinski definition) is 6. The van der Waals surface area contributed by atoms with Crippen molar-refractivity contribution in [3.05, 3.63) is 100 Å². The van der Waals surface area contributed by atoms with Gasteiger partial charge in [-0.05, 0) is 12.1 Å². The lowest BCUT2D eigenvalue weighted by Crippen LogP contribution is -2.43. The average molecular weight is 454 g/mol. The molecule has 0 saturated carbocycles. The SMILES string of the molecule is c1ccc(C2=NC3=c4sc(-c5ccccc5)nc4=C4Sc5ccccc5N4C3S2)cc1. The number of aliphatic imine (C=N–C) groups is 1. The van der Waals surface area contributed by atoms with Gasteiger partial charge in [0.05, 0.1) is 15.9 Å². The molecule has 1 aromatic heterocycles. The number of anilines is 1. The van der Waals surface area contributed by atoms with E-state index in [0.717, 1.165) is 26.7 Å². The number of aromatic nitrogens is 1. The van der Waals surface area contributed by atoms with Crippen LogP contribution in [0, 0.1) is 0 Å². The van der Waals surface area contributed by atoms with Gasteiger partial charge in [0.1, 0.15) is 25.8 Å². The van der Waals surface area contributed by atoms with Crippen LogP contribution in [-0.2, 0) is 0 Å². The molecule has 3 nitrogen and oxygen atoms in total. The molecule has 0 aliphatic carbocycles. The number of fused-ring (bicyclic) bond motifs is 6. The Morgan fingerprint density at radius 2 is 1.48 bits per heavy atom. The Labute approximate surface area is 191 Å². The Kier molecular flexibility index (Phi) is 3.94. The molecule has 0 bridgehead atoms. The summed E-state index contributed by atoms with van der Waals surface area (Å²) in [5.41, 5.74) is 4.71. The van der Waals surface area contributed by atoms with E-state index in [-0.39, 0.29) is 5.37 Å². The highest BCUT2D eigenvalue weighted by molar-refractivity contribution is 8.16. The van der Waals surface area contributed by atoms with Gasteiger partial charge >= 0.3 is 0 Å². The summed E-state index contributed by atoms with van der Waals surface area (Å²) in [5, 5.41) is 4.56. The topological polar surface area (TPSA) is 28.5 Å². The van der Waals surface area contributed by atoms with E-state index in [1.54, 1.807) is 11.3 Å². The Hall–Kier alpha value is -2.80. The van der Waals surface area contributed by atoms with Crippen LogP contribution in [0.5, 0.6) is 0 Å². The highest BCUT2D eigenvalue weighted by Crippen LogP contribution is 2.52. The van der Waals surface area contributed by atoms with E-state index >= 15 is 0 Å². The second-order valence-electron chi connectivity index (χ2n) is 7.45. The monoisotopic (exact) mass is 453 g/mol. The molecule has 6 heteroatoms. The van der Waals surface area contributed by atoms with Crippen LogP contribution in [0.25, 0.3) is 21.3 Å². The van der Waals surface area contributed by atoms with Crippen molar-refractivity contribution in [3.63, 3.8) is 0 Å². The first-order valence-corrected chi connectivity index (χ1v) is 12.6. The van der Waals surface area contributed by atoms with Gasteiger partial charge in [0.25, 0.3) is 0 Å². The molecule has 0 saturated heterocycles. The summed E-state index contributed by atoms with van der Waals surface area (Å²) in [6.45, 7) is 0. The number of rotatable bonds is 2. The lowest BCUT2D eigenvalue weighted by atomic mass is 10.2. The molecular weight excluding hydrogens is 438 g/mol. The van der Waals surface area contributed by atoms with Crippen molar-refractivity contribution in [2.75, 3.05) is 4.90 Å². The van der Waals surface area contributed by atoms with Gasteiger partial charge in [0.2, 0.25) is 0 Å². The molecule has 0 amide bonds. The Balaban J connectivity index is 1.51. The number of hydrogen-bond donors (Lipinski definition) is 0. The quantitative estimate of drug-likeness (QED) is 0.421. The van der Waals surface area contributed by atoms with Crippen LogP contribution in [0.1, 0.15) is 5.56 Å². The van der Waals surface area contributed by atoms with Gasteiger partial charge in [-0.25, -0.2) is 9.98 Å². The first-order valence-electron chi connectivity index (χ1n) is 10.0. The van der Waals surface area contributed by atoms with Crippen molar-refractivity contribution in [3.8, 4) is 10.6 Å². The third-order valence-electron chi connectivity index (χ3n) is 5.57. The number of nitrogens with zero attached hydrogens (tertiary/aromatic N) is 3. The molecule has 3 aromatic carbocycles. The van der Waals surface area contributed by atoms with Gasteiger partial charge in [0, 0.05) is 16.0 Å². The van der Waals surface area contributed by atoms with Crippen molar-refractivity contribution < 1.29 is 0 Å². The Morgan fingerprint density at radius 3 is 2.29 bits per heavy atom. The van der Waals surface area contributed by atoms with Crippen molar-refractivity contribution >= 4 is 56.3 Å². The minimum Gasteiger partial charge on any atom is -0.314 e. The zero-order valence-corrected chi connectivity index (χ0v) is 18.7. The predicted molar refractivity (Wildman–Crippen MR) is 133 cm³/mol. The molecule has 0 radical (unpaired) electrons. The molecule has 3 aliphatic heterocycles. The lowest BCUT2D eigenvalue weighted by molar-refractivity contribution is 1.03. The van der Waals surface area contributed by atoms with Gasteiger partial charge in [-0.2, -0.15) is 0 Å². The normalized spacial score (nSPS) is 18.4. The van der Waals surface area contributed by atoms with Crippen LogP contribution < -0.4 is 14.8 Å². The molecular formula is C25H15N3S3. The molecule has 31 heavy (non-hydrogen) atoms. The fourth-order valence-electron chi connectivity index (χ4n) is 4.15. The van der Waals surface area contributed by atoms with Gasteiger partial charge in [0.15, 0.2) is 0 Å². The molecule has 1 atom stereocenters. The van der Waals surface area contributed by atoms with E-state index in [1.165, 1.54) is 25.7 Å². The number of benzene rings is 3. The van der Waals surface area contributed by atoms with E-state index in [2.05, 4.69) is 83.8 Å². The molecule has 0 fully saturated rings. The summed E-state index contributed by atoms with van der Waals surface area (Å²) in [7, 11) is 0. The van der Waals surface area contributed by atoms with Crippen molar-refractivity contribution in [2.24, 2.45) is 4.99 Å². The molecule has 4 heterocycles. The van der Waals surface area contributed by atoms with Crippen LogP contribution in [-0.4, -0.2) is 15.4 Å². The minimum absolute atomic E-state index is 0.137. The van der Waals surface area contributed by atoms with Crippen LogP contribution in [0.4, 0.5) is 5.69 Å². The largest absolute Gasteiger partial charge is 0.314 e. The second-order valence-corrected chi connectivity index (χ2v) is 10.5. The molecule has 3 aliphatic rings. The summed E-state index contributed by atoms with van der Waals surface area (Å²) >= 11 is 5.43. The van der Waals surface area contributed by atoms with Crippen LogP contribution >= 0.6 is 34.9 Å². The first kappa shape index (κ1) is 17.8. The van der Waals surface area contributed by atoms with Gasteiger partial charge in [-0.15, -0.1) is 11.3 Å². The maximum Gasteiger partial charge on any atom is 0.130 e. The maximum atomic E-state index is 5.16. The molecule has 0 spiro atoms. The van der Waals surface area contributed by atoms with Gasteiger partial charge in [-0.1, -0.05) is 96.3 Å². The smallest absolute Gasteiger partial charge is 0.130 e. The molecule has 7 rings (SSSR count). The van der Waals surface area contributed by atoms with Crippen molar-refractivity contribution in [1.29, 1.82) is 0 Å². The highest BCUT2D eigenvalue weighted by Gasteiger charge is 2.42. The standard InChI is InChI=1S/C25H15N3S3/c1-3-9-15(10-4-1)22-26-19-21(30-22)20-25(31-23(27-20)16-11-5-2-6-12-16)28-17-13-7-8-14-18(17)29-24(19)28/h1-14,25H. The fraction of sp³-hybridized carbons (Fsp3) is 0.0400. The molecule has 0 N–H and O–H groups in total. The summed E-state index contributed by atoms with van der Waals surface area (Å²) in [6, 6.07) is 29.6. The van der Waals surface area contributed by atoms with Gasteiger partial charge in [-0.3, -0.25) is 0 Å². The number of thiazole rings is 1. The molecule has 4 aromatic rings. The summed E-state index contributed by atoms with van der Waals surface area (Å²) in [5.74, 6) is 0. The van der Waals surface area contributed by atoms with Gasteiger partial charge < -0.3 is 4.90 Å². The van der Waals surface area contributed by atoms with E-state index in [0.29, 0.717) is 0 Å². The van der Waals surface area contributed by atoms with Crippen molar-refractivity contribution in [1.82, 2.24) is 4.98 Å². The summed E-state index contributed by atoms with van der Waals surface area (Å²) < 4.78 is 1.20. The first-order chi connectivity index (χ1) is 15.4. The summed E-state index contributed by atoms with van der Waals surface area (Å²) in [6.07, 6.45) is 0. The average Bonchev–Trinajstić information content (AvgIpc) is 3.54. The molecule has 148 valence electrons. The highest BCUT2D eigenvalue weighted by atomic mass is 32.2. The van der Waals surface area contributed by atoms with E-state index < -0.39 is 0 Å². The minimum atomic E-state index is 0.137. The van der Waals surface area contributed by atoms with E-state index in [1.807, 2.05) is 29.6 Å². The zero-order chi connectivity index (χ0) is 20.4. The Bertz CT molecular complexity index is 1490. The van der Waals surface area contributed by atoms with Crippen molar-refractivity contribution in [2.45, 2.75) is 10.3 Å².